The average Bonchev–Trinajstić information content (AvgIpc) is 3.23. The van der Waals surface area contributed by atoms with Gasteiger partial charge in [0.15, 0.2) is 5.65 Å². The number of para-hydroxylation sites is 1. The minimum Gasteiger partial charge on any atom is -0.381 e. The van der Waals surface area contributed by atoms with Crippen LogP contribution >= 0.6 is 0 Å². The number of carbonyl (C=O) groups is 2. The molecule has 0 bridgehead atoms. The fourth-order valence-corrected chi connectivity index (χ4v) is 3.84. The van der Waals surface area contributed by atoms with Gasteiger partial charge in [-0.3, -0.25) is 9.59 Å². The maximum absolute atomic E-state index is 13.4. The first-order valence-corrected chi connectivity index (χ1v) is 10.8. The molecule has 32 heavy (non-hydrogen) atoms. The minimum atomic E-state index is -0.336. The summed E-state index contributed by atoms with van der Waals surface area (Å²) in [5.74, 6) is -0.517. The fraction of sp³-hybridized carbons (Fsp3) is 0.391. The van der Waals surface area contributed by atoms with Crippen molar-refractivity contribution in [3.05, 3.63) is 47.8 Å². The van der Waals surface area contributed by atoms with E-state index in [9.17, 15) is 9.59 Å². The highest BCUT2D eigenvalue weighted by Crippen LogP contribution is 2.29. The maximum Gasteiger partial charge on any atom is 0.259 e. The van der Waals surface area contributed by atoms with Crippen LogP contribution in [0.25, 0.3) is 11.0 Å². The Morgan fingerprint density at radius 2 is 1.91 bits per heavy atom. The van der Waals surface area contributed by atoms with Crippen LogP contribution < -0.4 is 10.6 Å². The number of hydrogen-bond acceptors (Lipinski definition) is 6. The summed E-state index contributed by atoms with van der Waals surface area (Å²) in [6.07, 6.45) is 5.03. The molecule has 9 heteroatoms. The van der Waals surface area contributed by atoms with Crippen LogP contribution in [-0.2, 0) is 11.3 Å². The van der Waals surface area contributed by atoms with E-state index in [1.807, 2.05) is 6.92 Å². The lowest BCUT2D eigenvalue weighted by Crippen LogP contribution is -2.29. The molecule has 168 valence electrons. The predicted octanol–water partition coefficient (Wildman–Crippen LogP) is 3.00. The molecule has 0 radical (unpaired) electrons. The van der Waals surface area contributed by atoms with Crippen LogP contribution in [0, 0.1) is 0 Å². The molecule has 1 aromatic carbocycles. The van der Waals surface area contributed by atoms with Crippen molar-refractivity contribution in [1.82, 2.24) is 19.7 Å². The molecule has 3 heterocycles. The molecule has 9 nitrogen and oxygen atoms in total. The summed E-state index contributed by atoms with van der Waals surface area (Å²) in [7, 11) is 3.36. The van der Waals surface area contributed by atoms with Gasteiger partial charge in [0.25, 0.3) is 11.8 Å². The van der Waals surface area contributed by atoms with E-state index in [0.717, 1.165) is 23.9 Å². The number of carbonyl (C=O) groups excluding carboxylic acids is 2. The van der Waals surface area contributed by atoms with Gasteiger partial charge in [-0.05, 0) is 31.9 Å². The molecular formula is C23H28N6O3. The van der Waals surface area contributed by atoms with Gasteiger partial charge >= 0.3 is 0 Å². The van der Waals surface area contributed by atoms with Crippen LogP contribution in [0.2, 0.25) is 0 Å². The minimum absolute atomic E-state index is 0.181. The highest BCUT2D eigenvalue weighted by molar-refractivity contribution is 6.14. The summed E-state index contributed by atoms with van der Waals surface area (Å²) in [6.45, 7) is 4.04. The summed E-state index contributed by atoms with van der Waals surface area (Å²) in [6, 6.07) is 7.17. The number of fused-ring (bicyclic) bond motifs is 1. The highest BCUT2D eigenvalue weighted by Gasteiger charge is 2.23. The number of anilines is 2. The van der Waals surface area contributed by atoms with E-state index in [1.54, 1.807) is 55.4 Å². The molecule has 1 aliphatic rings. The summed E-state index contributed by atoms with van der Waals surface area (Å²) in [5.41, 5.74) is 2.72. The number of amides is 2. The second-order valence-corrected chi connectivity index (χ2v) is 7.97. The number of hydrogen-bond donors (Lipinski definition) is 2. The van der Waals surface area contributed by atoms with Gasteiger partial charge in [0.05, 0.1) is 34.1 Å². The third-order valence-electron chi connectivity index (χ3n) is 5.59. The number of nitrogens with zero attached hydrogens (tertiary/aromatic N) is 4. The van der Waals surface area contributed by atoms with Crippen molar-refractivity contribution in [1.29, 1.82) is 0 Å². The Balaban J connectivity index is 1.71. The molecule has 4 rings (SSSR count). The zero-order chi connectivity index (χ0) is 22.7. The molecule has 0 unspecified atom stereocenters. The molecule has 3 aromatic rings. The van der Waals surface area contributed by atoms with E-state index in [-0.39, 0.29) is 17.9 Å². The predicted molar refractivity (Wildman–Crippen MR) is 123 cm³/mol. The Labute approximate surface area is 186 Å². The first-order valence-electron chi connectivity index (χ1n) is 10.8. The molecule has 0 aliphatic carbocycles. The number of aryl methyl sites for hydroxylation is 1. The Hall–Kier alpha value is -3.46. The molecule has 1 aliphatic heterocycles. The van der Waals surface area contributed by atoms with Crippen molar-refractivity contribution in [3.8, 4) is 0 Å². The lowest BCUT2D eigenvalue weighted by atomic mass is 10.1. The molecule has 0 atom stereocenters. The highest BCUT2D eigenvalue weighted by atomic mass is 16.5. The van der Waals surface area contributed by atoms with Crippen LogP contribution in [0.5, 0.6) is 0 Å². The monoisotopic (exact) mass is 436 g/mol. The molecule has 2 aromatic heterocycles. The van der Waals surface area contributed by atoms with Crippen LogP contribution in [0.3, 0.4) is 0 Å². The van der Waals surface area contributed by atoms with E-state index in [2.05, 4.69) is 20.7 Å². The first-order chi connectivity index (χ1) is 15.5. The largest absolute Gasteiger partial charge is 0.381 e. The number of nitrogens with one attached hydrogen (secondary N) is 2. The Morgan fingerprint density at radius 3 is 2.62 bits per heavy atom. The summed E-state index contributed by atoms with van der Waals surface area (Å²) < 4.78 is 7.28. The van der Waals surface area contributed by atoms with Crippen molar-refractivity contribution in [3.63, 3.8) is 0 Å². The average molecular weight is 437 g/mol. The lowest BCUT2D eigenvalue weighted by molar-refractivity contribution is 0.0828. The summed E-state index contributed by atoms with van der Waals surface area (Å²) in [5, 5.41) is 11.7. The second-order valence-electron chi connectivity index (χ2n) is 7.97. The van der Waals surface area contributed by atoms with Crippen molar-refractivity contribution in [2.75, 3.05) is 37.9 Å². The van der Waals surface area contributed by atoms with Crippen LogP contribution in [0.4, 0.5) is 11.4 Å². The van der Waals surface area contributed by atoms with Crippen molar-refractivity contribution < 1.29 is 14.3 Å². The quantitative estimate of drug-likeness (QED) is 0.616. The fourth-order valence-electron chi connectivity index (χ4n) is 3.84. The molecule has 0 saturated carbocycles. The number of rotatable bonds is 6. The first kappa shape index (κ1) is 21.8. The Morgan fingerprint density at radius 1 is 1.16 bits per heavy atom. The number of benzene rings is 1. The summed E-state index contributed by atoms with van der Waals surface area (Å²) >= 11 is 0. The molecule has 1 saturated heterocycles. The van der Waals surface area contributed by atoms with Crippen molar-refractivity contribution in [2.45, 2.75) is 32.4 Å². The van der Waals surface area contributed by atoms with E-state index in [4.69, 9.17) is 4.74 Å². The topological polar surface area (TPSA) is 101 Å². The molecular weight excluding hydrogens is 408 g/mol. The van der Waals surface area contributed by atoms with Crippen molar-refractivity contribution >= 4 is 34.2 Å². The number of pyridine rings is 1. The van der Waals surface area contributed by atoms with Gasteiger partial charge in [-0.1, -0.05) is 12.1 Å². The Bertz CT molecular complexity index is 1130. The van der Waals surface area contributed by atoms with Gasteiger partial charge in [0.1, 0.15) is 0 Å². The van der Waals surface area contributed by atoms with Crippen LogP contribution in [0.15, 0.2) is 36.7 Å². The van der Waals surface area contributed by atoms with Gasteiger partial charge < -0.3 is 20.3 Å². The van der Waals surface area contributed by atoms with Crippen LogP contribution in [-0.4, -0.2) is 64.8 Å². The molecule has 1 fully saturated rings. The Kier molecular flexibility index (Phi) is 6.36. The van der Waals surface area contributed by atoms with Gasteiger partial charge in [0, 0.05) is 46.1 Å². The molecule has 0 spiro atoms. The molecule has 2 N–H and O–H groups in total. The smallest absolute Gasteiger partial charge is 0.259 e. The second kappa shape index (κ2) is 9.35. The van der Waals surface area contributed by atoms with Gasteiger partial charge in [-0.15, -0.1) is 0 Å². The molecule has 2 amide bonds. The zero-order valence-electron chi connectivity index (χ0n) is 18.6. The van der Waals surface area contributed by atoms with Crippen LogP contribution in [0.1, 0.15) is 40.5 Å². The third kappa shape index (κ3) is 4.29. The number of ether oxygens (including phenoxy) is 1. The van der Waals surface area contributed by atoms with Gasteiger partial charge in [0.2, 0.25) is 0 Å². The normalized spacial score (nSPS) is 14.3. The van der Waals surface area contributed by atoms with Gasteiger partial charge in [-0.25, -0.2) is 9.67 Å². The van der Waals surface area contributed by atoms with Crippen molar-refractivity contribution in [2.24, 2.45) is 0 Å². The van der Waals surface area contributed by atoms with E-state index in [1.165, 1.54) is 4.90 Å². The van der Waals surface area contributed by atoms with Gasteiger partial charge in [-0.2, -0.15) is 5.10 Å². The standard InChI is InChI=1S/C23H28N6O3/c1-4-29-21-17(14-25-29)20(26-15-9-11-32-12-10-15)18(13-24-21)22(30)27-19-8-6-5-7-16(19)23(31)28(2)3/h5-8,13-15H,4,9-12H2,1-3H3,(H,24,26)(H,27,30). The van der Waals surface area contributed by atoms with E-state index >= 15 is 0 Å². The SMILES string of the molecule is CCn1ncc2c(NC3CCOCC3)c(C(=O)Nc3ccccc3C(=O)N(C)C)cnc21. The lowest BCUT2D eigenvalue weighted by Gasteiger charge is -2.25. The van der Waals surface area contributed by atoms with E-state index < -0.39 is 0 Å². The third-order valence-corrected chi connectivity index (χ3v) is 5.59. The summed E-state index contributed by atoms with van der Waals surface area (Å²) in [4.78, 5) is 31.9. The van der Waals surface area contributed by atoms with E-state index in [0.29, 0.717) is 42.3 Å². The zero-order valence-corrected chi connectivity index (χ0v) is 18.6. The maximum atomic E-state index is 13.4. The number of aromatic nitrogens is 3.